The highest BCUT2D eigenvalue weighted by molar-refractivity contribution is 5.78. The number of halogens is 1. The molecule has 1 amide bonds. The Labute approximate surface area is 132 Å². The lowest BCUT2D eigenvalue weighted by Gasteiger charge is -2.28. The van der Waals surface area contributed by atoms with E-state index in [1.165, 1.54) is 6.07 Å². The first kappa shape index (κ1) is 16.9. The Hall–Kier alpha value is -1.46. The Morgan fingerprint density at radius 1 is 1.27 bits per heavy atom. The number of nitrogens with zero attached hydrogens (tertiary/aromatic N) is 2. The number of rotatable bonds is 5. The van der Waals surface area contributed by atoms with E-state index in [0.717, 1.165) is 32.4 Å². The molecule has 22 heavy (non-hydrogen) atoms. The van der Waals surface area contributed by atoms with Crippen LogP contribution in [0.4, 0.5) is 4.39 Å². The van der Waals surface area contributed by atoms with Crippen LogP contribution in [0.25, 0.3) is 0 Å². The molecule has 1 saturated heterocycles. The quantitative estimate of drug-likeness (QED) is 0.902. The fourth-order valence-corrected chi connectivity index (χ4v) is 2.87. The molecular weight excluding hydrogens is 281 g/mol. The Bertz CT molecular complexity index is 487. The molecule has 1 aromatic rings. The van der Waals surface area contributed by atoms with Crippen molar-refractivity contribution < 1.29 is 9.18 Å². The van der Waals surface area contributed by atoms with Gasteiger partial charge in [0.05, 0.1) is 6.54 Å². The number of hydrogen-bond acceptors (Lipinski definition) is 3. The fourth-order valence-electron chi connectivity index (χ4n) is 2.87. The van der Waals surface area contributed by atoms with E-state index in [9.17, 15) is 9.18 Å². The molecule has 1 heterocycles. The molecule has 0 radical (unpaired) electrons. The van der Waals surface area contributed by atoms with Crippen molar-refractivity contribution >= 4 is 5.91 Å². The van der Waals surface area contributed by atoms with Gasteiger partial charge in [0, 0.05) is 25.2 Å². The number of likely N-dealkylation sites (N-methyl/N-ethyl adjacent to an activating group) is 2. The van der Waals surface area contributed by atoms with Crippen LogP contribution in [0.5, 0.6) is 0 Å². The molecule has 0 spiro atoms. The van der Waals surface area contributed by atoms with Crippen LogP contribution < -0.4 is 5.32 Å². The highest BCUT2D eigenvalue weighted by Crippen LogP contribution is 2.13. The van der Waals surface area contributed by atoms with Crippen LogP contribution in [0, 0.1) is 5.82 Å². The van der Waals surface area contributed by atoms with E-state index in [4.69, 9.17) is 0 Å². The fraction of sp³-hybridized carbons (Fsp3) is 0.588. The van der Waals surface area contributed by atoms with Gasteiger partial charge in [0.15, 0.2) is 0 Å². The van der Waals surface area contributed by atoms with Gasteiger partial charge in [0.2, 0.25) is 5.91 Å². The summed E-state index contributed by atoms with van der Waals surface area (Å²) in [7, 11) is 3.74. The van der Waals surface area contributed by atoms with E-state index in [0.29, 0.717) is 24.7 Å². The van der Waals surface area contributed by atoms with Crippen molar-refractivity contribution in [3.8, 4) is 0 Å². The third kappa shape index (κ3) is 4.78. The largest absolute Gasteiger partial charge is 0.340 e. The molecule has 4 nitrogen and oxygen atoms in total. The molecule has 2 rings (SSSR count). The Morgan fingerprint density at radius 2 is 2.05 bits per heavy atom. The molecule has 1 N–H and O–H groups in total. The summed E-state index contributed by atoms with van der Waals surface area (Å²) in [5, 5.41) is 3.38. The van der Waals surface area contributed by atoms with Gasteiger partial charge in [-0.3, -0.25) is 9.69 Å². The third-order valence-electron chi connectivity index (χ3n) is 4.34. The molecule has 1 fully saturated rings. The van der Waals surface area contributed by atoms with Crippen LogP contribution in [-0.4, -0.2) is 55.5 Å². The zero-order valence-electron chi connectivity index (χ0n) is 13.5. The van der Waals surface area contributed by atoms with Crippen LogP contribution in [0.2, 0.25) is 0 Å². The first-order valence-corrected chi connectivity index (χ1v) is 7.96. The van der Waals surface area contributed by atoms with Crippen molar-refractivity contribution in [2.24, 2.45) is 0 Å². The van der Waals surface area contributed by atoms with Crippen molar-refractivity contribution in [1.82, 2.24) is 15.1 Å². The maximum atomic E-state index is 13.7. The summed E-state index contributed by atoms with van der Waals surface area (Å²) in [6.07, 6.45) is 3.34. The van der Waals surface area contributed by atoms with Crippen molar-refractivity contribution in [2.75, 3.05) is 33.7 Å². The molecule has 122 valence electrons. The van der Waals surface area contributed by atoms with E-state index < -0.39 is 0 Å². The van der Waals surface area contributed by atoms with Crippen molar-refractivity contribution in [3.05, 3.63) is 35.6 Å². The third-order valence-corrected chi connectivity index (χ3v) is 4.34. The number of carbonyl (C=O) groups is 1. The van der Waals surface area contributed by atoms with Crippen LogP contribution >= 0.6 is 0 Å². The minimum atomic E-state index is -0.259. The van der Waals surface area contributed by atoms with E-state index in [1.807, 2.05) is 7.05 Å². The summed E-state index contributed by atoms with van der Waals surface area (Å²) >= 11 is 0. The number of hydrogen-bond donors (Lipinski definition) is 1. The van der Waals surface area contributed by atoms with Gasteiger partial charge in [-0.1, -0.05) is 18.2 Å². The number of amides is 1. The molecule has 0 saturated carbocycles. The van der Waals surface area contributed by atoms with Crippen LogP contribution in [-0.2, 0) is 11.3 Å². The highest BCUT2D eigenvalue weighted by Gasteiger charge is 2.20. The van der Waals surface area contributed by atoms with Gasteiger partial charge in [0.1, 0.15) is 5.82 Å². The average Bonchev–Trinajstić information content (AvgIpc) is 2.78. The van der Waals surface area contributed by atoms with E-state index in [2.05, 4.69) is 10.2 Å². The summed E-state index contributed by atoms with van der Waals surface area (Å²) in [5.41, 5.74) is 0.555. The molecule has 1 unspecified atom stereocenters. The molecule has 1 aliphatic heterocycles. The molecule has 1 aromatic carbocycles. The van der Waals surface area contributed by atoms with Gasteiger partial charge in [-0.2, -0.15) is 0 Å². The lowest BCUT2D eigenvalue weighted by molar-refractivity contribution is -0.131. The Balaban J connectivity index is 1.86. The van der Waals surface area contributed by atoms with Gasteiger partial charge in [-0.25, -0.2) is 4.39 Å². The molecule has 1 atom stereocenters. The normalized spacial score (nSPS) is 19.0. The molecular formula is C17H26FN3O. The number of carbonyl (C=O) groups excluding carboxylic acids is 1. The number of nitrogens with one attached hydrogen (secondary N) is 1. The summed E-state index contributed by atoms with van der Waals surface area (Å²) in [4.78, 5) is 16.1. The number of benzene rings is 1. The topological polar surface area (TPSA) is 35.6 Å². The first-order chi connectivity index (χ1) is 10.6. The summed E-state index contributed by atoms with van der Waals surface area (Å²) in [5.74, 6) is -0.228. The average molecular weight is 307 g/mol. The van der Waals surface area contributed by atoms with Gasteiger partial charge >= 0.3 is 0 Å². The van der Waals surface area contributed by atoms with E-state index in [-0.39, 0.29) is 11.7 Å². The second-order valence-electron chi connectivity index (χ2n) is 6.09. The van der Waals surface area contributed by atoms with Crippen molar-refractivity contribution in [2.45, 2.75) is 31.8 Å². The summed E-state index contributed by atoms with van der Waals surface area (Å²) in [6, 6.07) is 7.05. The lowest BCUT2D eigenvalue weighted by atomic mass is 10.1. The molecule has 0 bridgehead atoms. The van der Waals surface area contributed by atoms with Crippen LogP contribution in [0.3, 0.4) is 0 Å². The van der Waals surface area contributed by atoms with E-state index >= 15 is 0 Å². The second-order valence-corrected chi connectivity index (χ2v) is 6.09. The van der Waals surface area contributed by atoms with Crippen LogP contribution in [0.15, 0.2) is 24.3 Å². The maximum absolute atomic E-state index is 13.7. The van der Waals surface area contributed by atoms with E-state index in [1.54, 1.807) is 30.1 Å². The summed E-state index contributed by atoms with van der Waals surface area (Å²) < 4.78 is 13.7. The van der Waals surface area contributed by atoms with Crippen molar-refractivity contribution in [1.29, 1.82) is 0 Å². The van der Waals surface area contributed by atoms with Crippen molar-refractivity contribution in [3.63, 3.8) is 0 Å². The molecule has 0 aromatic heterocycles. The van der Waals surface area contributed by atoms with Gasteiger partial charge in [-0.05, 0) is 45.5 Å². The standard InChI is InChI=1S/C17H26FN3O/c1-20(15-7-5-10-19-11-9-15)13-17(22)21(2)12-14-6-3-4-8-16(14)18/h3-4,6,8,15,19H,5,7,9-13H2,1-2H3. The minimum Gasteiger partial charge on any atom is -0.340 e. The SMILES string of the molecule is CN(Cc1ccccc1F)C(=O)CN(C)C1CCCNCC1. The first-order valence-electron chi connectivity index (χ1n) is 7.96. The zero-order valence-corrected chi connectivity index (χ0v) is 13.5. The predicted octanol–water partition coefficient (Wildman–Crippen LogP) is 1.86. The monoisotopic (exact) mass is 307 g/mol. The van der Waals surface area contributed by atoms with Gasteiger partial charge in [-0.15, -0.1) is 0 Å². The van der Waals surface area contributed by atoms with Gasteiger partial charge < -0.3 is 10.2 Å². The second kappa shape index (κ2) is 8.25. The lowest BCUT2D eigenvalue weighted by Crippen LogP contribution is -2.41. The molecule has 5 heteroatoms. The smallest absolute Gasteiger partial charge is 0.236 e. The Kier molecular flexibility index (Phi) is 6.34. The molecule has 0 aliphatic carbocycles. The highest BCUT2D eigenvalue weighted by atomic mass is 19.1. The van der Waals surface area contributed by atoms with Gasteiger partial charge in [0.25, 0.3) is 0 Å². The minimum absolute atomic E-state index is 0.0305. The summed E-state index contributed by atoms with van der Waals surface area (Å²) in [6.45, 7) is 2.76. The Morgan fingerprint density at radius 3 is 2.82 bits per heavy atom. The maximum Gasteiger partial charge on any atom is 0.236 e. The molecule has 1 aliphatic rings. The zero-order chi connectivity index (χ0) is 15.9. The van der Waals surface area contributed by atoms with Crippen LogP contribution in [0.1, 0.15) is 24.8 Å². The predicted molar refractivity (Wildman–Crippen MR) is 86.0 cm³/mol.